The maximum atomic E-state index is 13.5. The van der Waals surface area contributed by atoms with E-state index in [1.807, 2.05) is 46.0 Å². The first-order valence-electron chi connectivity index (χ1n) is 11.3. The number of hydrogen-bond donors (Lipinski definition) is 0. The van der Waals surface area contributed by atoms with Crippen molar-refractivity contribution in [3.63, 3.8) is 0 Å². The molecule has 0 unspecified atom stereocenters. The minimum absolute atomic E-state index is 0.0189. The molecular weight excluding hydrogens is 388 g/mol. The molecule has 0 radical (unpaired) electrons. The van der Waals surface area contributed by atoms with Gasteiger partial charge in [-0.2, -0.15) is 5.10 Å². The average Bonchev–Trinajstić information content (AvgIpc) is 3.56. The Kier molecular flexibility index (Phi) is 5.08. The van der Waals surface area contributed by atoms with Crippen LogP contribution in [0.5, 0.6) is 0 Å². The van der Waals surface area contributed by atoms with E-state index >= 15 is 0 Å². The lowest BCUT2D eigenvalue weighted by Crippen LogP contribution is -2.40. The van der Waals surface area contributed by atoms with E-state index in [4.69, 9.17) is 4.98 Å². The molecule has 3 heterocycles. The van der Waals surface area contributed by atoms with Gasteiger partial charge < -0.3 is 4.90 Å². The Labute approximate surface area is 182 Å². The Morgan fingerprint density at radius 3 is 2.39 bits per heavy atom. The largest absolute Gasteiger partial charge is 0.339 e. The summed E-state index contributed by atoms with van der Waals surface area (Å²) in [5.74, 6) is 0.659. The Hall–Kier alpha value is -3.02. The predicted octanol–water partition coefficient (Wildman–Crippen LogP) is 4.62. The molecule has 1 aliphatic heterocycles. The zero-order chi connectivity index (χ0) is 21.5. The number of nitrogens with zero attached hydrogens (tertiary/aromatic N) is 4. The number of Topliss-reactive ketones (excluding diaryl/α,β-unsaturated/α-hetero) is 1. The van der Waals surface area contributed by atoms with Crippen molar-refractivity contribution in [3.8, 4) is 0 Å². The monoisotopic (exact) mass is 416 g/mol. The Balaban J connectivity index is 1.38. The third-order valence-electron chi connectivity index (χ3n) is 6.51. The molecular formula is C25H28N4O2. The number of benzene rings is 1. The summed E-state index contributed by atoms with van der Waals surface area (Å²) in [6.45, 7) is 5.35. The van der Waals surface area contributed by atoms with Gasteiger partial charge in [0.25, 0.3) is 5.91 Å². The van der Waals surface area contributed by atoms with Crippen LogP contribution < -0.4 is 0 Å². The molecule has 1 aromatic carbocycles. The molecule has 160 valence electrons. The molecule has 3 aromatic rings. The summed E-state index contributed by atoms with van der Waals surface area (Å²) in [5.41, 5.74) is 3.27. The van der Waals surface area contributed by atoms with Gasteiger partial charge in [-0.25, -0.2) is 9.67 Å². The maximum absolute atomic E-state index is 13.5. The van der Waals surface area contributed by atoms with Gasteiger partial charge in [-0.15, -0.1) is 0 Å². The SMILES string of the molecule is CC(C)n1ncc2c(C(=O)N3CCC(C(=O)c4ccccc4)CC3)cc(C3CC3)nc21. The van der Waals surface area contributed by atoms with Gasteiger partial charge in [0.15, 0.2) is 11.4 Å². The number of aromatic nitrogens is 3. The number of amides is 1. The van der Waals surface area contributed by atoms with Gasteiger partial charge in [0.2, 0.25) is 0 Å². The summed E-state index contributed by atoms with van der Waals surface area (Å²) in [7, 11) is 0. The van der Waals surface area contributed by atoms with Crippen molar-refractivity contribution in [2.45, 2.75) is 51.5 Å². The Bertz CT molecular complexity index is 1120. The van der Waals surface area contributed by atoms with Crippen molar-refractivity contribution in [3.05, 3.63) is 59.4 Å². The average molecular weight is 417 g/mol. The summed E-state index contributed by atoms with van der Waals surface area (Å²) < 4.78 is 1.91. The number of ketones is 1. The lowest BCUT2D eigenvalue weighted by atomic mass is 9.88. The van der Waals surface area contributed by atoms with Gasteiger partial charge in [-0.1, -0.05) is 30.3 Å². The van der Waals surface area contributed by atoms with E-state index < -0.39 is 0 Å². The lowest BCUT2D eigenvalue weighted by molar-refractivity contribution is 0.0652. The van der Waals surface area contributed by atoms with Gasteiger partial charge in [-0.05, 0) is 45.6 Å². The standard InChI is InChI=1S/C25H28N4O2/c1-16(2)29-24-21(15-26-29)20(14-22(27-24)17-8-9-17)25(31)28-12-10-19(11-13-28)23(30)18-6-4-3-5-7-18/h3-7,14-17,19H,8-13H2,1-2H3. The fraction of sp³-hybridized carbons (Fsp3) is 0.440. The van der Waals surface area contributed by atoms with Crippen LogP contribution in [-0.2, 0) is 0 Å². The molecule has 6 nitrogen and oxygen atoms in total. The molecule has 2 fully saturated rings. The number of carbonyl (C=O) groups is 2. The van der Waals surface area contributed by atoms with Crippen LogP contribution in [0.3, 0.4) is 0 Å². The van der Waals surface area contributed by atoms with E-state index in [0.717, 1.165) is 35.1 Å². The molecule has 0 bridgehead atoms. The Morgan fingerprint density at radius 2 is 1.74 bits per heavy atom. The van der Waals surface area contributed by atoms with Crippen LogP contribution >= 0.6 is 0 Å². The summed E-state index contributed by atoms with van der Waals surface area (Å²) in [4.78, 5) is 33.1. The number of rotatable bonds is 5. The first-order valence-corrected chi connectivity index (χ1v) is 11.3. The van der Waals surface area contributed by atoms with Crippen LogP contribution in [0, 0.1) is 5.92 Å². The minimum atomic E-state index is -0.0189. The fourth-order valence-corrected chi connectivity index (χ4v) is 4.53. The van der Waals surface area contributed by atoms with Crippen LogP contribution in [0.2, 0.25) is 0 Å². The summed E-state index contributed by atoms with van der Waals surface area (Å²) in [6, 6.07) is 11.6. The van der Waals surface area contributed by atoms with Crippen LogP contribution in [0.1, 0.15) is 77.9 Å². The highest BCUT2D eigenvalue weighted by molar-refractivity contribution is 6.06. The van der Waals surface area contributed by atoms with Gasteiger partial charge in [0.05, 0.1) is 17.1 Å². The second-order valence-electron chi connectivity index (χ2n) is 9.09. The normalized spacial score (nSPS) is 17.5. The zero-order valence-corrected chi connectivity index (χ0v) is 18.1. The van der Waals surface area contributed by atoms with E-state index in [1.54, 1.807) is 6.20 Å². The number of hydrogen-bond acceptors (Lipinski definition) is 4. The second kappa shape index (κ2) is 7.91. The molecule has 0 spiro atoms. The molecule has 2 aliphatic rings. The second-order valence-corrected chi connectivity index (χ2v) is 9.09. The molecule has 1 amide bonds. The van der Waals surface area contributed by atoms with E-state index in [2.05, 4.69) is 18.9 Å². The van der Waals surface area contributed by atoms with E-state index in [9.17, 15) is 9.59 Å². The van der Waals surface area contributed by atoms with Crippen molar-refractivity contribution < 1.29 is 9.59 Å². The number of pyridine rings is 1. The first-order chi connectivity index (χ1) is 15.0. The van der Waals surface area contributed by atoms with E-state index in [0.29, 0.717) is 37.4 Å². The smallest absolute Gasteiger partial charge is 0.254 e. The van der Waals surface area contributed by atoms with Crippen LogP contribution in [-0.4, -0.2) is 44.4 Å². The first kappa shape index (κ1) is 19.9. The molecule has 6 heteroatoms. The van der Waals surface area contributed by atoms with Crippen molar-refractivity contribution in [2.24, 2.45) is 5.92 Å². The van der Waals surface area contributed by atoms with Gasteiger partial charge in [0, 0.05) is 42.2 Å². The van der Waals surface area contributed by atoms with E-state index in [1.165, 1.54) is 0 Å². The quantitative estimate of drug-likeness (QED) is 0.569. The van der Waals surface area contributed by atoms with Gasteiger partial charge >= 0.3 is 0 Å². The maximum Gasteiger partial charge on any atom is 0.254 e. The van der Waals surface area contributed by atoms with Gasteiger partial charge in [0.1, 0.15) is 0 Å². The highest BCUT2D eigenvalue weighted by Crippen LogP contribution is 2.40. The molecule has 2 aromatic heterocycles. The van der Waals surface area contributed by atoms with Crippen LogP contribution in [0.4, 0.5) is 0 Å². The minimum Gasteiger partial charge on any atom is -0.339 e. The summed E-state index contributed by atoms with van der Waals surface area (Å²) in [6.07, 6.45) is 5.45. The molecule has 0 atom stereocenters. The molecule has 1 saturated heterocycles. The van der Waals surface area contributed by atoms with Crippen molar-refractivity contribution >= 4 is 22.7 Å². The number of likely N-dealkylation sites (tertiary alicyclic amines) is 1. The van der Waals surface area contributed by atoms with Crippen molar-refractivity contribution in [1.29, 1.82) is 0 Å². The van der Waals surface area contributed by atoms with Crippen molar-refractivity contribution in [2.75, 3.05) is 13.1 Å². The third-order valence-corrected chi connectivity index (χ3v) is 6.51. The molecule has 31 heavy (non-hydrogen) atoms. The fourth-order valence-electron chi connectivity index (χ4n) is 4.53. The molecule has 5 rings (SSSR count). The highest BCUT2D eigenvalue weighted by Gasteiger charge is 2.32. The lowest BCUT2D eigenvalue weighted by Gasteiger charge is -2.31. The highest BCUT2D eigenvalue weighted by atomic mass is 16.2. The molecule has 0 N–H and O–H groups in total. The number of piperidine rings is 1. The molecule has 1 saturated carbocycles. The topological polar surface area (TPSA) is 68.1 Å². The Morgan fingerprint density at radius 1 is 1.03 bits per heavy atom. The summed E-state index contributed by atoms with van der Waals surface area (Å²) >= 11 is 0. The third kappa shape index (κ3) is 3.75. The molecule has 1 aliphatic carbocycles. The predicted molar refractivity (Wildman–Crippen MR) is 119 cm³/mol. The summed E-state index contributed by atoms with van der Waals surface area (Å²) in [5, 5.41) is 5.34. The van der Waals surface area contributed by atoms with E-state index in [-0.39, 0.29) is 23.7 Å². The van der Waals surface area contributed by atoms with Gasteiger partial charge in [-0.3, -0.25) is 9.59 Å². The van der Waals surface area contributed by atoms with Crippen LogP contribution in [0.15, 0.2) is 42.6 Å². The van der Waals surface area contributed by atoms with Crippen molar-refractivity contribution in [1.82, 2.24) is 19.7 Å². The number of fused-ring (bicyclic) bond motifs is 1. The zero-order valence-electron chi connectivity index (χ0n) is 18.1. The van der Waals surface area contributed by atoms with Crippen LogP contribution in [0.25, 0.3) is 11.0 Å². The number of carbonyl (C=O) groups excluding carboxylic acids is 2.